The van der Waals surface area contributed by atoms with Crippen LogP contribution in [0.2, 0.25) is 0 Å². The van der Waals surface area contributed by atoms with Gasteiger partial charge in [0.2, 0.25) is 0 Å². The van der Waals surface area contributed by atoms with Crippen molar-refractivity contribution in [1.29, 1.82) is 0 Å². The van der Waals surface area contributed by atoms with Crippen LogP contribution in [0.5, 0.6) is 5.75 Å². The molecule has 4 heteroatoms. The topological polar surface area (TPSA) is 49.8 Å². The molecule has 0 saturated carbocycles. The lowest BCUT2D eigenvalue weighted by Gasteiger charge is -2.25. The van der Waals surface area contributed by atoms with E-state index in [2.05, 4.69) is 19.9 Å². The Morgan fingerprint density at radius 2 is 2.00 bits per heavy atom. The predicted molar refractivity (Wildman–Crippen MR) is 84.7 cm³/mol. The van der Waals surface area contributed by atoms with Gasteiger partial charge in [-0.3, -0.25) is 4.79 Å². The number of carbonyl (C=O) groups excluding carboxylic acids is 1. The van der Waals surface area contributed by atoms with Crippen LogP contribution in [0.15, 0.2) is 18.2 Å². The molecule has 1 N–H and O–H groups in total. The maximum Gasteiger partial charge on any atom is 0.263 e. The van der Waals surface area contributed by atoms with E-state index in [1.165, 1.54) is 5.56 Å². The molecule has 1 amide bonds. The molecule has 118 valence electrons. The van der Waals surface area contributed by atoms with Crippen molar-refractivity contribution in [2.24, 2.45) is 0 Å². The molecule has 1 unspecified atom stereocenters. The van der Waals surface area contributed by atoms with Gasteiger partial charge in [-0.2, -0.15) is 0 Å². The highest BCUT2D eigenvalue weighted by Gasteiger charge is 2.21. The Kier molecular flexibility index (Phi) is 6.69. The molecule has 0 aromatic heterocycles. The summed E-state index contributed by atoms with van der Waals surface area (Å²) in [6.07, 6.45) is -0.558. The molecule has 0 aliphatic heterocycles. The number of ether oxygens (including phenoxy) is 1. The minimum absolute atomic E-state index is 0.0336. The summed E-state index contributed by atoms with van der Waals surface area (Å²) < 4.78 is 5.85. The lowest BCUT2D eigenvalue weighted by atomic mass is 10.0. The van der Waals surface area contributed by atoms with Crippen LogP contribution in [0, 0.1) is 6.92 Å². The molecule has 1 aromatic carbocycles. The second-order valence-electron chi connectivity index (χ2n) is 5.58. The van der Waals surface area contributed by atoms with Crippen LogP contribution in [0.3, 0.4) is 0 Å². The van der Waals surface area contributed by atoms with Crippen molar-refractivity contribution in [1.82, 2.24) is 4.90 Å². The van der Waals surface area contributed by atoms with E-state index in [1.54, 1.807) is 11.8 Å². The summed E-state index contributed by atoms with van der Waals surface area (Å²) in [5.74, 6) is 1.07. The lowest BCUT2D eigenvalue weighted by Crippen LogP contribution is -2.41. The van der Waals surface area contributed by atoms with Gasteiger partial charge in [0.05, 0.1) is 6.61 Å². The standard InChI is InChI=1S/C17H27NO3/c1-6-18(9-10-19)17(20)14(5)21-16-11-15(12(2)3)8-7-13(16)4/h7-8,11-12,14,19H,6,9-10H2,1-5H3. The number of carbonyl (C=O) groups is 1. The Morgan fingerprint density at radius 1 is 1.33 bits per heavy atom. The fraction of sp³-hybridized carbons (Fsp3) is 0.588. The summed E-state index contributed by atoms with van der Waals surface area (Å²) in [7, 11) is 0. The number of hydrogen-bond acceptors (Lipinski definition) is 3. The van der Waals surface area contributed by atoms with Crippen molar-refractivity contribution in [3.63, 3.8) is 0 Å². The highest BCUT2D eigenvalue weighted by Crippen LogP contribution is 2.25. The Morgan fingerprint density at radius 3 is 2.52 bits per heavy atom. The molecular formula is C17H27NO3. The molecule has 0 bridgehead atoms. The second-order valence-corrected chi connectivity index (χ2v) is 5.58. The molecule has 0 saturated heterocycles. The summed E-state index contributed by atoms with van der Waals surface area (Å²) in [6, 6.07) is 6.11. The molecule has 0 radical (unpaired) electrons. The summed E-state index contributed by atoms with van der Waals surface area (Å²) in [4.78, 5) is 13.9. The van der Waals surface area contributed by atoms with Crippen molar-refractivity contribution in [3.05, 3.63) is 29.3 Å². The number of hydrogen-bond donors (Lipinski definition) is 1. The van der Waals surface area contributed by atoms with Crippen molar-refractivity contribution in [2.75, 3.05) is 19.7 Å². The molecule has 0 fully saturated rings. The molecule has 1 atom stereocenters. The Bertz CT molecular complexity index is 471. The van der Waals surface area contributed by atoms with E-state index in [0.29, 0.717) is 19.0 Å². The average Bonchev–Trinajstić information content (AvgIpc) is 2.45. The van der Waals surface area contributed by atoms with E-state index in [4.69, 9.17) is 9.84 Å². The number of aryl methyl sites for hydroxylation is 1. The Labute approximate surface area is 127 Å². The fourth-order valence-electron chi connectivity index (χ4n) is 2.15. The van der Waals surface area contributed by atoms with Gasteiger partial charge < -0.3 is 14.7 Å². The number of aliphatic hydroxyl groups excluding tert-OH is 1. The van der Waals surface area contributed by atoms with Crippen LogP contribution in [-0.4, -0.2) is 41.7 Å². The number of aliphatic hydroxyl groups is 1. The van der Waals surface area contributed by atoms with Crippen LogP contribution in [0.4, 0.5) is 0 Å². The quantitative estimate of drug-likeness (QED) is 0.841. The smallest absolute Gasteiger partial charge is 0.263 e. The number of benzene rings is 1. The van der Waals surface area contributed by atoms with E-state index in [-0.39, 0.29) is 12.5 Å². The molecular weight excluding hydrogens is 266 g/mol. The van der Waals surface area contributed by atoms with Gasteiger partial charge in [0.1, 0.15) is 5.75 Å². The molecule has 21 heavy (non-hydrogen) atoms. The van der Waals surface area contributed by atoms with Gasteiger partial charge in [0, 0.05) is 13.1 Å². The number of amides is 1. The van der Waals surface area contributed by atoms with E-state index < -0.39 is 6.10 Å². The maximum atomic E-state index is 12.3. The third-order valence-corrected chi connectivity index (χ3v) is 3.59. The number of nitrogens with zero attached hydrogens (tertiary/aromatic N) is 1. The number of rotatable bonds is 7. The van der Waals surface area contributed by atoms with Crippen LogP contribution < -0.4 is 4.74 Å². The van der Waals surface area contributed by atoms with Gasteiger partial charge in [-0.25, -0.2) is 0 Å². The highest BCUT2D eigenvalue weighted by atomic mass is 16.5. The zero-order chi connectivity index (χ0) is 16.0. The molecule has 0 spiro atoms. The van der Waals surface area contributed by atoms with Crippen LogP contribution in [0.25, 0.3) is 0 Å². The zero-order valence-corrected chi connectivity index (χ0v) is 13.7. The summed E-state index contributed by atoms with van der Waals surface area (Å²) in [5, 5.41) is 9.00. The number of likely N-dealkylation sites (N-methyl/N-ethyl adjacent to an activating group) is 1. The van der Waals surface area contributed by atoms with Gasteiger partial charge in [-0.1, -0.05) is 26.0 Å². The lowest BCUT2D eigenvalue weighted by molar-refractivity contribution is -0.138. The third kappa shape index (κ3) is 4.74. The maximum absolute atomic E-state index is 12.3. The van der Waals surface area contributed by atoms with E-state index >= 15 is 0 Å². The van der Waals surface area contributed by atoms with Crippen molar-refractivity contribution < 1.29 is 14.6 Å². The van der Waals surface area contributed by atoms with Crippen LogP contribution in [-0.2, 0) is 4.79 Å². The molecule has 0 aliphatic carbocycles. The van der Waals surface area contributed by atoms with Gasteiger partial charge in [-0.15, -0.1) is 0 Å². The monoisotopic (exact) mass is 293 g/mol. The first-order chi connectivity index (χ1) is 9.90. The summed E-state index contributed by atoms with van der Waals surface area (Å²) in [5.41, 5.74) is 2.21. The third-order valence-electron chi connectivity index (χ3n) is 3.59. The second kappa shape index (κ2) is 8.03. The Balaban J connectivity index is 2.84. The van der Waals surface area contributed by atoms with Gasteiger partial charge in [0.15, 0.2) is 6.10 Å². The van der Waals surface area contributed by atoms with Gasteiger partial charge in [-0.05, 0) is 43.9 Å². The summed E-state index contributed by atoms with van der Waals surface area (Å²) >= 11 is 0. The first kappa shape index (κ1) is 17.5. The van der Waals surface area contributed by atoms with Crippen molar-refractivity contribution in [3.8, 4) is 5.75 Å². The molecule has 4 nitrogen and oxygen atoms in total. The first-order valence-electron chi connectivity index (χ1n) is 7.57. The van der Waals surface area contributed by atoms with Gasteiger partial charge in [0.25, 0.3) is 5.91 Å². The van der Waals surface area contributed by atoms with Crippen LogP contribution >= 0.6 is 0 Å². The first-order valence-corrected chi connectivity index (χ1v) is 7.57. The fourth-order valence-corrected chi connectivity index (χ4v) is 2.15. The normalized spacial score (nSPS) is 12.3. The largest absolute Gasteiger partial charge is 0.481 e. The van der Waals surface area contributed by atoms with Crippen LogP contribution in [0.1, 0.15) is 44.7 Å². The molecule has 0 heterocycles. The zero-order valence-electron chi connectivity index (χ0n) is 13.7. The Hall–Kier alpha value is -1.55. The minimum Gasteiger partial charge on any atom is -0.481 e. The van der Waals surface area contributed by atoms with E-state index in [9.17, 15) is 4.79 Å². The van der Waals surface area contributed by atoms with Crippen molar-refractivity contribution >= 4 is 5.91 Å². The average molecular weight is 293 g/mol. The van der Waals surface area contributed by atoms with E-state index in [0.717, 1.165) is 11.3 Å². The summed E-state index contributed by atoms with van der Waals surface area (Å²) in [6.45, 7) is 10.8. The molecule has 1 rings (SSSR count). The van der Waals surface area contributed by atoms with Crippen molar-refractivity contribution in [2.45, 2.75) is 46.6 Å². The molecule has 0 aliphatic rings. The minimum atomic E-state index is -0.558. The predicted octanol–water partition coefficient (Wildman–Crippen LogP) is 2.73. The molecule has 1 aromatic rings. The van der Waals surface area contributed by atoms with Gasteiger partial charge >= 0.3 is 0 Å². The SMILES string of the molecule is CCN(CCO)C(=O)C(C)Oc1cc(C(C)C)ccc1C. The van der Waals surface area contributed by atoms with E-state index in [1.807, 2.05) is 26.0 Å². The highest BCUT2D eigenvalue weighted by molar-refractivity contribution is 5.80.